The van der Waals surface area contributed by atoms with Crippen LogP contribution in [0.2, 0.25) is 0 Å². The van der Waals surface area contributed by atoms with Crippen molar-refractivity contribution in [1.29, 1.82) is 0 Å². The minimum Gasteiger partial charge on any atom is -0.484 e. The van der Waals surface area contributed by atoms with Crippen LogP contribution in [-0.2, 0) is 20.7 Å². The first kappa shape index (κ1) is 16.4. The zero-order chi connectivity index (χ0) is 16.8. The lowest BCUT2D eigenvalue weighted by Gasteiger charge is -2.16. The van der Waals surface area contributed by atoms with Crippen molar-refractivity contribution in [3.8, 4) is 5.75 Å². The summed E-state index contributed by atoms with van der Waals surface area (Å²) in [4.78, 5) is 0.0416. The molecule has 1 aliphatic rings. The third-order valence-electron chi connectivity index (χ3n) is 3.81. The number of ether oxygens (including phenoxy) is 1. The van der Waals surface area contributed by atoms with E-state index < -0.39 is 16.2 Å². The molecule has 0 saturated carbocycles. The van der Waals surface area contributed by atoms with Crippen molar-refractivity contribution in [2.24, 2.45) is 0 Å². The van der Waals surface area contributed by atoms with Crippen LogP contribution in [-0.4, -0.2) is 15.5 Å². The van der Waals surface area contributed by atoms with Crippen LogP contribution in [0.4, 0.5) is 4.39 Å². The molecule has 23 heavy (non-hydrogen) atoms. The van der Waals surface area contributed by atoms with Gasteiger partial charge in [0, 0.05) is 17.5 Å². The lowest BCUT2D eigenvalue weighted by molar-refractivity contribution is 0.233. The molecule has 0 saturated heterocycles. The molecule has 0 fully saturated rings. The lowest BCUT2D eigenvalue weighted by atomic mass is 10.0. The molecule has 0 bridgehead atoms. The van der Waals surface area contributed by atoms with E-state index in [9.17, 15) is 12.8 Å². The molecule has 0 aromatic heterocycles. The summed E-state index contributed by atoms with van der Waals surface area (Å²) in [7, 11) is -2.77. The smallest absolute Gasteiger partial charge is 0.297 e. The van der Waals surface area contributed by atoms with Crippen molar-refractivity contribution in [3.63, 3.8) is 0 Å². The van der Waals surface area contributed by atoms with E-state index in [4.69, 9.17) is 4.74 Å². The first-order chi connectivity index (χ1) is 10.8. The first-order valence-electron chi connectivity index (χ1n) is 6.88. The summed E-state index contributed by atoms with van der Waals surface area (Å²) in [5.41, 5.74) is 1.79. The largest absolute Gasteiger partial charge is 0.484 e. The third-order valence-corrected chi connectivity index (χ3v) is 5.78. The maximum atomic E-state index is 14.0. The predicted octanol–water partition coefficient (Wildman–Crippen LogP) is 3.91. The first-order valence-corrected chi connectivity index (χ1v) is 9.08. The molecule has 4 nitrogen and oxygen atoms in total. The Morgan fingerprint density at radius 1 is 1.30 bits per heavy atom. The van der Waals surface area contributed by atoms with E-state index in [0.29, 0.717) is 21.3 Å². The quantitative estimate of drug-likeness (QED) is 0.732. The van der Waals surface area contributed by atoms with Crippen LogP contribution in [0.25, 0.3) is 0 Å². The monoisotopic (exact) mass is 400 g/mol. The summed E-state index contributed by atoms with van der Waals surface area (Å²) < 4.78 is 49.4. The van der Waals surface area contributed by atoms with Crippen LogP contribution in [0.3, 0.4) is 0 Å². The Balaban J connectivity index is 2.10. The molecule has 1 heterocycles. The van der Waals surface area contributed by atoms with Crippen molar-refractivity contribution in [2.75, 3.05) is 7.11 Å². The number of aryl methyl sites for hydroxylation is 1. The molecule has 0 radical (unpaired) electrons. The number of benzene rings is 2. The summed E-state index contributed by atoms with van der Waals surface area (Å²) in [5.74, 6) is 0.0479. The second-order valence-corrected chi connectivity index (χ2v) is 7.85. The Bertz CT molecular complexity index is 849. The van der Waals surface area contributed by atoms with Gasteiger partial charge in [-0.1, -0.05) is 17.7 Å². The average molecular weight is 401 g/mol. The molecule has 122 valence electrons. The lowest BCUT2D eigenvalue weighted by Crippen LogP contribution is -2.12. The highest BCUT2D eigenvalue weighted by Gasteiger charge is 2.33. The summed E-state index contributed by atoms with van der Waals surface area (Å²) in [6.45, 7) is 1.85. The topological polar surface area (TPSA) is 52.6 Å². The van der Waals surface area contributed by atoms with E-state index in [1.807, 2.05) is 6.92 Å². The molecule has 7 heteroatoms. The number of hydrogen-bond donors (Lipinski definition) is 0. The van der Waals surface area contributed by atoms with Crippen molar-refractivity contribution >= 4 is 26.0 Å². The minimum atomic E-state index is -3.88. The van der Waals surface area contributed by atoms with Gasteiger partial charge in [0.1, 0.15) is 22.6 Å². The van der Waals surface area contributed by atoms with Crippen LogP contribution < -0.4 is 4.74 Å². The predicted molar refractivity (Wildman–Crippen MR) is 86.5 cm³/mol. The molecule has 1 atom stereocenters. The minimum absolute atomic E-state index is 0.0416. The highest BCUT2D eigenvalue weighted by Crippen LogP contribution is 2.44. The number of rotatable bonds is 3. The molecule has 2 aromatic rings. The average Bonchev–Trinajstić information content (AvgIpc) is 2.97. The zero-order valence-corrected chi connectivity index (χ0v) is 14.9. The van der Waals surface area contributed by atoms with E-state index in [1.165, 1.54) is 12.1 Å². The zero-order valence-electron chi connectivity index (χ0n) is 12.5. The molecule has 2 aromatic carbocycles. The van der Waals surface area contributed by atoms with Gasteiger partial charge in [0.05, 0.1) is 11.6 Å². The molecule has 3 rings (SSSR count). The van der Waals surface area contributed by atoms with Crippen molar-refractivity contribution in [2.45, 2.75) is 24.3 Å². The maximum Gasteiger partial charge on any atom is 0.297 e. The number of hydrogen-bond acceptors (Lipinski definition) is 4. The van der Waals surface area contributed by atoms with Gasteiger partial charge in [-0.15, -0.1) is 0 Å². The van der Waals surface area contributed by atoms with Gasteiger partial charge in [0.2, 0.25) is 0 Å². The van der Waals surface area contributed by atoms with Gasteiger partial charge in [-0.3, -0.25) is 4.18 Å². The van der Waals surface area contributed by atoms with Gasteiger partial charge >= 0.3 is 0 Å². The van der Waals surface area contributed by atoms with Crippen molar-refractivity contribution in [3.05, 3.63) is 57.3 Å². The summed E-state index contributed by atoms with van der Waals surface area (Å²) in [6, 6.07) is 7.83. The Morgan fingerprint density at radius 3 is 2.70 bits per heavy atom. The van der Waals surface area contributed by atoms with Gasteiger partial charge in [-0.05, 0) is 41.1 Å². The van der Waals surface area contributed by atoms with E-state index in [2.05, 4.69) is 20.1 Å². The second-order valence-electron chi connectivity index (χ2n) is 5.31. The summed E-state index contributed by atoms with van der Waals surface area (Å²) >= 11 is 3.33. The van der Waals surface area contributed by atoms with Gasteiger partial charge in [0.25, 0.3) is 10.1 Å². The molecule has 0 N–H and O–H groups in total. The third kappa shape index (κ3) is 2.88. The van der Waals surface area contributed by atoms with Crippen LogP contribution in [0.5, 0.6) is 5.75 Å². The SMILES string of the molecule is COS(=O)(=O)c1ccc(C)cc1C1Cc2c(F)ccc(Br)c2O1. The number of halogens is 2. The van der Waals surface area contributed by atoms with Crippen LogP contribution in [0.1, 0.15) is 22.8 Å². The van der Waals surface area contributed by atoms with Crippen LogP contribution in [0.15, 0.2) is 39.7 Å². The van der Waals surface area contributed by atoms with E-state index in [0.717, 1.165) is 12.7 Å². The molecule has 0 aliphatic carbocycles. The Hall–Kier alpha value is -1.44. The molecular weight excluding hydrogens is 387 g/mol. The molecule has 0 amide bonds. The normalized spacial score (nSPS) is 17.0. The van der Waals surface area contributed by atoms with Gasteiger partial charge in [-0.25, -0.2) is 4.39 Å². The highest BCUT2D eigenvalue weighted by molar-refractivity contribution is 9.10. The van der Waals surface area contributed by atoms with Gasteiger partial charge in [0.15, 0.2) is 0 Å². The fourth-order valence-corrected chi connectivity index (χ4v) is 4.03. The second kappa shape index (κ2) is 5.89. The summed E-state index contributed by atoms with van der Waals surface area (Å²) in [5, 5.41) is 0. The number of fused-ring (bicyclic) bond motifs is 1. The fraction of sp³-hybridized carbons (Fsp3) is 0.250. The molecular formula is C16H14BrFO4S. The molecule has 1 unspecified atom stereocenters. The highest BCUT2D eigenvalue weighted by atomic mass is 79.9. The molecule has 0 spiro atoms. The fourth-order valence-electron chi connectivity index (χ4n) is 2.67. The van der Waals surface area contributed by atoms with Crippen molar-refractivity contribution < 1.29 is 21.7 Å². The summed E-state index contributed by atoms with van der Waals surface area (Å²) in [6.07, 6.45) is -0.325. The van der Waals surface area contributed by atoms with E-state index in [-0.39, 0.29) is 17.1 Å². The van der Waals surface area contributed by atoms with Gasteiger partial charge in [-0.2, -0.15) is 8.42 Å². The van der Waals surface area contributed by atoms with E-state index >= 15 is 0 Å². The Kier molecular flexibility index (Phi) is 4.20. The van der Waals surface area contributed by atoms with Crippen molar-refractivity contribution in [1.82, 2.24) is 0 Å². The van der Waals surface area contributed by atoms with Crippen LogP contribution in [0, 0.1) is 12.7 Å². The Morgan fingerprint density at radius 2 is 2.04 bits per heavy atom. The van der Waals surface area contributed by atoms with Crippen LogP contribution >= 0.6 is 15.9 Å². The standard InChI is InChI=1S/C16H14BrFO4S/c1-9-3-6-15(23(19,20)21-2)11(7-9)14-8-10-13(18)5-4-12(17)16(10)22-14/h3-7,14H,8H2,1-2H3. The molecule has 1 aliphatic heterocycles. The van der Waals surface area contributed by atoms with E-state index in [1.54, 1.807) is 18.2 Å². The van der Waals surface area contributed by atoms with Gasteiger partial charge < -0.3 is 4.74 Å². The Labute approximate surface area is 142 Å². The maximum absolute atomic E-state index is 14.0.